The van der Waals surface area contributed by atoms with Gasteiger partial charge in [-0.1, -0.05) is 0 Å². The van der Waals surface area contributed by atoms with Gasteiger partial charge in [0.1, 0.15) is 0 Å². The Balaban J connectivity index is 2.76. The molecule has 0 aliphatic carbocycles. The molecule has 0 atom stereocenters. The standard InChI is InChI=1S/C11H12AsN/c1-12(2)10-7-3-5-9-6-4-8-13-11(9)10/h3-8H,1-2H3. The molecule has 0 spiro atoms. The maximum atomic E-state index is 4.44. The van der Waals surface area contributed by atoms with Gasteiger partial charge >= 0.3 is 82.8 Å². The van der Waals surface area contributed by atoms with Crippen molar-refractivity contribution >= 4 is 29.9 Å². The summed E-state index contributed by atoms with van der Waals surface area (Å²) in [5.41, 5.74) is 5.89. The van der Waals surface area contributed by atoms with Gasteiger partial charge in [0.2, 0.25) is 0 Å². The molecule has 0 radical (unpaired) electrons. The minimum atomic E-state index is -0.806. The molecular weight excluding hydrogens is 221 g/mol. The molecule has 0 saturated carbocycles. The van der Waals surface area contributed by atoms with Crippen molar-refractivity contribution < 1.29 is 0 Å². The Hall–Kier alpha value is -0.812. The van der Waals surface area contributed by atoms with Crippen molar-refractivity contribution in [2.45, 2.75) is 11.4 Å². The van der Waals surface area contributed by atoms with Crippen LogP contribution in [-0.2, 0) is 0 Å². The summed E-state index contributed by atoms with van der Waals surface area (Å²) < 4.78 is 1.48. The van der Waals surface area contributed by atoms with Crippen LogP contribution in [0.3, 0.4) is 0 Å². The molecule has 0 N–H and O–H groups in total. The average Bonchev–Trinajstić information content (AvgIpc) is 2.17. The second-order valence-corrected chi connectivity index (χ2v) is 8.01. The summed E-state index contributed by atoms with van der Waals surface area (Å²) in [5, 5.41) is 1.27. The Morgan fingerprint density at radius 2 is 1.85 bits per heavy atom. The number of benzene rings is 1. The van der Waals surface area contributed by atoms with Crippen LogP contribution >= 0.6 is 0 Å². The molecule has 2 heteroatoms. The van der Waals surface area contributed by atoms with Gasteiger partial charge in [-0.3, -0.25) is 0 Å². The van der Waals surface area contributed by atoms with Gasteiger partial charge in [0.25, 0.3) is 0 Å². The van der Waals surface area contributed by atoms with Gasteiger partial charge in [-0.05, 0) is 0 Å². The number of fused-ring (bicyclic) bond motifs is 1. The van der Waals surface area contributed by atoms with Crippen molar-refractivity contribution in [1.82, 2.24) is 4.98 Å². The van der Waals surface area contributed by atoms with E-state index >= 15 is 0 Å². The average molecular weight is 233 g/mol. The molecule has 1 aromatic carbocycles. The summed E-state index contributed by atoms with van der Waals surface area (Å²) in [6.45, 7) is 0. The number of hydrogen-bond donors (Lipinski definition) is 0. The summed E-state index contributed by atoms with van der Waals surface area (Å²) in [5.74, 6) is 0. The Bertz CT molecular complexity index is 418. The third-order valence-electron chi connectivity index (χ3n) is 2.09. The fourth-order valence-electron chi connectivity index (χ4n) is 1.45. The van der Waals surface area contributed by atoms with E-state index in [0.29, 0.717) is 0 Å². The summed E-state index contributed by atoms with van der Waals surface area (Å²) in [6, 6.07) is 10.6. The van der Waals surface area contributed by atoms with E-state index in [1.807, 2.05) is 12.3 Å². The normalized spacial score (nSPS) is 11.0. The van der Waals surface area contributed by atoms with E-state index in [1.165, 1.54) is 15.3 Å². The van der Waals surface area contributed by atoms with Crippen LogP contribution in [0.1, 0.15) is 0 Å². The zero-order valence-corrected chi connectivity index (χ0v) is 9.74. The van der Waals surface area contributed by atoms with Crippen LogP contribution in [0.5, 0.6) is 0 Å². The second kappa shape index (κ2) is 3.51. The van der Waals surface area contributed by atoms with Gasteiger partial charge in [-0.25, -0.2) is 0 Å². The van der Waals surface area contributed by atoms with Crippen molar-refractivity contribution in [2.75, 3.05) is 0 Å². The molecule has 0 aliphatic rings. The number of aromatic nitrogens is 1. The van der Waals surface area contributed by atoms with Gasteiger partial charge in [-0.2, -0.15) is 0 Å². The monoisotopic (exact) mass is 233 g/mol. The van der Waals surface area contributed by atoms with Crippen LogP contribution in [0.2, 0.25) is 11.4 Å². The quantitative estimate of drug-likeness (QED) is 0.688. The Labute approximate surface area is 83.1 Å². The van der Waals surface area contributed by atoms with E-state index in [-0.39, 0.29) is 0 Å². The van der Waals surface area contributed by atoms with E-state index < -0.39 is 14.7 Å². The van der Waals surface area contributed by atoms with Crippen LogP contribution in [0, 0.1) is 0 Å². The maximum absolute atomic E-state index is 4.44. The van der Waals surface area contributed by atoms with Crippen LogP contribution in [-0.4, -0.2) is 19.6 Å². The first-order valence-corrected chi connectivity index (χ1v) is 8.99. The fraction of sp³-hybridized carbons (Fsp3) is 0.182. The zero-order chi connectivity index (χ0) is 9.26. The van der Waals surface area contributed by atoms with Crippen LogP contribution in [0.25, 0.3) is 10.9 Å². The fourth-order valence-corrected chi connectivity index (χ4v) is 3.54. The van der Waals surface area contributed by atoms with Gasteiger partial charge in [0.05, 0.1) is 0 Å². The molecule has 2 rings (SSSR count). The SMILES string of the molecule is C[As](C)c1cccc2cccnc12. The van der Waals surface area contributed by atoms with Gasteiger partial charge < -0.3 is 0 Å². The molecule has 1 nitrogen and oxygen atoms in total. The molecule has 2 aromatic rings. The number of rotatable bonds is 1. The molecule has 0 aliphatic heterocycles. The molecule has 66 valence electrons. The van der Waals surface area contributed by atoms with Gasteiger partial charge in [0.15, 0.2) is 0 Å². The van der Waals surface area contributed by atoms with Crippen molar-refractivity contribution in [2.24, 2.45) is 0 Å². The summed E-state index contributed by atoms with van der Waals surface area (Å²) in [6.07, 6.45) is 1.88. The third-order valence-corrected chi connectivity index (χ3v) is 4.87. The molecular formula is C11H12AsN. The zero-order valence-electron chi connectivity index (χ0n) is 7.86. The van der Waals surface area contributed by atoms with Gasteiger partial charge in [0, 0.05) is 0 Å². The minimum absolute atomic E-state index is 0.806. The molecule has 0 unspecified atom stereocenters. The third kappa shape index (κ3) is 1.61. The number of hydrogen-bond acceptors (Lipinski definition) is 1. The topological polar surface area (TPSA) is 12.9 Å². The first-order valence-electron chi connectivity index (χ1n) is 4.30. The van der Waals surface area contributed by atoms with E-state index in [2.05, 4.69) is 40.7 Å². The number of nitrogens with zero attached hydrogens (tertiary/aromatic N) is 1. The molecule has 0 fully saturated rings. The van der Waals surface area contributed by atoms with Crippen molar-refractivity contribution in [3.8, 4) is 0 Å². The van der Waals surface area contributed by atoms with Crippen LogP contribution < -0.4 is 4.35 Å². The van der Waals surface area contributed by atoms with Gasteiger partial charge in [-0.15, -0.1) is 0 Å². The van der Waals surface area contributed by atoms with E-state index in [1.54, 1.807) is 0 Å². The summed E-state index contributed by atoms with van der Waals surface area (Å²) in [7, 11) is 0. The molecule has 0 saturated heterocycles. The molecule has 13 heavy (non-hydrogen) atoms. The Kier molecular flexibility index (Phi) is 2.37. The first-order chi connectivity index (χ1) is 6.29. The summed E-state index contributed by atoms with van der Waals surface area (Å²) in [4.78, 5) is 4.44. The van der Waals surface area contributed by atoms with Crippen molar-refractivity contribution in [3.63, 3.8) is 0 Å². The molecule has 0 amide bonds. The molecule has 1 aromatic heterocycles. The van der Waals surface area contributed by atoms with Crippen molar-refractivity contribution in [1.29, 1.82) is 0 Å². The van der Waals surface area contributed by atoms with Crippen molar-refractivity contribution in [3.05, 3.63) is 36.5 Å². The Morgan fingerprint density at radius 1 is 1.08 bits per heavy atom. The Morgan fingerprint density at radius 3 is 2.62 bits per heavy atom. The van der Waals surface area contributed by atoms with Crippen LogP contribution in [0.15, 0.2) is 36.5 Å². The molecule has 0 bridgehead atoms. The predicted molar refractivity (Wildman–Crippen MR) is 58.9 cm³/mol. The summed E-state index contributed by atoms with van der Waals surface area (Å²) >= 11 is -0.806. The number of pyridine rings is 1. The number of para-hydroxylation sites is 1. The van der Waals surface area contributed by atoms with Crippen LogP contribution in [0.4, 0.5) is 0 Å². The van der Waals surface area contributed by atoms with E-state index in [9.17, 15) is 0 Å². The van der Waals surface area contributed by atoms with E-state index in [4.69, 9.17) is 0 Å². The van der Waals surface area contributed by atoms with E-state index in [0.717, 1.165) is 0 Å². The first kappa shape index (κ1) is 8.77. The predicted octanol–water partition coefficient (Wildman–Crippen LogP) is 2.20. The second-order valence-electron chi connectivity index (χ2n) is 3.25. The molecule has 1 heterocycles.